The number of aromatic nitrogens is 1. The topological polar surface area (TPSA) is 87.7 Å². The van der Waals surface area contributed by atoms with Crippen molar-refractivity contribution in [2.75, 3.05) is 31.1 Å². The van der Waals surface area contributed by atoms with E-state index in [1.54, 1.807) is 19.3 Å². The van der Waals surface area contributed by atoms with Crippen molar-refractivity contribution in [3.05, 3.63) is 30.1 Å². The molecule has 140 valence electrons. The molecule has 0 radical (unpaired) electrons. The molecule has 0 aliphatic carbocycles. The molecule has 9 heteroatoms. The molecular formula is C16H25N3O4S2. The van der Waals surface area contributed by atoms with Gasteiger partial charge in [-0.15, -0.1) is 0 Å². The van der Waals surface area contributed by atoms with Crippen LogP contribution >= 0.6 is 0 Å². The minimum atomic E-state index is -3.29. The van der Waals surface area contributed by atoms with Crippen molar-refractivity contribution in [3.63, 3.8) is 0 Å². The molecule has 2 atom stereocenters. The fourth-order valence-electron chi connectivity index (χ4n) is 3.82. The van der Waals surface area contributed by atoms with Gasteiger partial charge in [-0.2, -0.15) is 0 Å². The number of hydrogen-bond acceptors (Lipinski definition) is 6. The standard InChI is InChI=1S/C16H25N3O4S2/c1-2-25(22,23)19-8-5-15-16(6-9-19)24(20,21)11-10-18(15)13-14-4-3-7-17-12-14/h3-4,7,12,15-16H,2,5-6,8-11,13H2,1H3/t15-,16+/m0/s1. The van der Waals surface area contributed by atoms with Crippen LogP contribution in [0.1, 0.15) is 25.3 Å². The largest absolute Gasteiger partial charge is 0.294 e. The Kier molecular flexibility index (Phi) is 5.48. The molecule has 2 aliphatic heterocycles. The Bertz CT molecular complexity index is 796. The molecule has 2 saturated heterocycles. The lowest BCUT2D eigenvalue weighted by molar-refractivity contribution is 0.173. The van der Waals surface area contributed by atoms with E-state index >= 15 is 0 Å². The summed E-state index contributed by atoms with van der Waals surface area (Å²) >= 11 is 0. The third-order valence-electron chi connectivity index (χ3n) is 5.23. The molecule has 0 bridgehead atoms. The molecule has 7 nitrogen and oxygen atoms in total. The van der Waals surface area contributed by atoms with Gasteiger partial charge in [0.1, 0.15) is 0 Å². The van der Waals surface area contributed by atoms with E-state index in [9.17, 15) is 16.8 Å². The molecule has 0 aromatic carbocycles. The Labute approximate surface area is 150 Å². The molecule has 2 fully saturated rings. The number of sulfonamides is 1. The van der Waals surface area contributed by atoms with Gasteiger partial charge in [0.15, 0.2) is 9.84 Å². The van der Waals surface area contributed by atoms with Crippen LogP contribution in [0.3, 0.4) is 0 Å². The van der Waals surface area contributed by atoms with Crippen LogP contribution in [0, 0.1) is 0 Å². The third-order valence-corrected chi connectivity index (χ3v) is 9.33. The van der Waals surface area contributed by atoms with Crippen LogP contribution in [-0.4, -0.2) is 73.5 Å². The average molecular weight is 388 g/mol. The monoisotopic (exact) mass is 387 g/mol. The normalized spacial score (nSPS) is 28.2. The summed E-state index contributed by atoms with van der Waals surface area (Å²) < 4.78 is 51.0. The predicted molar refractivity (Wildman–Crippen MR) is 96.3 cm³/mol. The molecule has 1 aromatic rings. The van der Waals surface area contributed by atoms with Gasteiger partial charge in [-0.3, -0.25) is 9.88 Å². The van der Waals surface area contributed by atoms with Crippen LogP contribution in [0.4, 0.5) is 0 Å². The number of hydrogen-bond donors (Lipinski definition) is 0. The van der Waals surface area contributed by atoms with E-state index < -0.39 is 25.1 Å². The van der Waals surface area contributed by atoms with E-state index in [-0.39, 0.29) is 24.1 Å². The SMILES string of the molecule is CCS(=O)(=O)N1CC[C@@H]2[C@H](CC1)N(Cc1cccnc1)CCS2(=O)=O. The van der Waals surface area contributed by atoms with Crippen LogP contribution in [0.5, 0.6) is 0 Å². The quantitative estimate of drug-likeness (QED) is 0.747. The Morgan fingerprint density at radius 1 is 1.24 bits per heavy atom. The predicted octanol–water partition coefficient (Wildman–Crippen LogP) is 0.495. The first-order chi connectivity index (χ1) is 11.8. The summed E-state index contributed by atoms with van der Waals surface area (Å²) in [5.74, 6) is 0.184. The molecule has 1 aromatic heterocycles. The van der Waals surface area contributed by atoms with Crippen molar-refractivity contribution < 1.29 is 16.8 Å². The van der Waals surface area contributed by atoms with Gasteiger partial charge in [0.05, 0.1) is 16.8 Å². The van der Waals surface area contributed by atoms with Crippen molar-refractivity contribution >= 4 is 19.9 Å². The van der Waals surface area contributed by atoms with Crippen molar-refractivity contribution in [1.82, 2.24) is 14.2 Å². The Morgan fingerprint density at radius 2 is 2.00 bits per heavy atom. The lowest BCUT2D eigenvalue weighted by atomic mass is 10.1. The minimum absolute atomic E-state index is 0.0501. The van der Waals surface area contributed by atoms with E-state index in [4.69, 9.17) is 0 Å². The lowest BCUT2D eigenvalue weighted by Crippen LogP contribution is -2.54. The highest BCUT2D eigenvalue weighted by molar-refractivity contribution is 7.92. The number of pyridine rings is 1. The number of fused-ring (bicyclic) bond motifs is 1. The highest BCUT2D eigenvalue weighted by Crippen LogP contribution is 2.29. The summed E-state index contributed by atoms with van der Waals surface area (Å²) in [7, 11) is -6.48. The molecule has 0 amide bonds. The maximum atomic E-state index is 12.6. The van der Waals surface area contributed by atoms with Crippen molar-refractivity contribution in [3.8, 4) is 0 Å². The Balaban J connectivity index is 1.83. The first-order valence-electron chi connectivity index (χ1n) is 8.66. The second kappa shape index (κ2) is 7.30. The third kappa shape index (κ3) is 4.05. The van der Waals surface area contributed by atoms with Crippen molar-refractivity contribution in [2.45, 2.75) is 37.6 Å². The van der Waals surface area contributed by atoms with Crippen LogP contribution in [0.25, 0.3) is 0 Å². The zero-order valence-corrected chi connectivity index (χ0v) is 16.0. The molecule has 25 heavy (non-hydrogen) atoms. The molecule has 0 N–H and O–H groups in total. The molecule has 0 unspecified atom stereocenters. The molecule has 3 rings (SSSR count). The zero-order valence-electron chi connectivity index (χ0n) is 14.4. The van der Waals surface area contributed by atoms with Crippen molar-refractivity contribution in [1.29, 1.82) is 0 Å². The molecule has 0 spiro atoms. The molecular weight excluding hydrogens is 362 g/mol. The van der Waals surface area contributed by atoms with Gasteiger partial charge in [-0.25, -0.2) is 21.1 Å². The van der Waals surface area contributed by atoms with Crippen molar-refractivity contribution in [2.24, 2.45) is 0 Å². The summed E-state index contributed by atoms with van der Waals surface area (Å²) in [6.07, 6.45) is 4.42. The van der Waals surface area contributed by atoms with E-state index in [0.29, 0.717) is 32.5 Å². The van der Waals surface area contributed by atoms with E-state index in [1.165, 1.54) is 4.31 Å². The lowest BCUT2D eigenvalue weighted by Gasteiger charge is -2.40. The number of nitrogens with zero attached hydrogens (tertiary/aromatic N) is 3. The summed E-state index contributed by atoms with van der Waals surface area (Å²) in [6.45, 7) is 3.43. The Morgan fingerprint density at radius 3 is 2.68 bits per heavy atom. The Hall–Kier alpha value is -1.03. The summed E-state index contributed by atoms with van der Waals surface area (Å²) in [5.41, 5.74) is 1.04. The highest BCUT2D eigenvalue weighted by Gasteiger charge is 2.43. The summed E-state index contributed by atoms with van der Waals surface area (Å²) in [6, 6.07) is 3.71. The van der Waals surface area contributed by atoms with E-state index in [2.05, 4.69) is 9.88 Å². The van der Waals surface area contributed by atoms with Gasteiger partial charge in [-0.05, 0) is 31.4 Å². The first kappa shape index (κ1) is 18.8. The first-order valence-corrected chi connectivity index (χ1v) is 12.0. The summed E-state index contributed by atoms with van der Waals surface area (Å²) in [4.78, 5) is 6.31. The molecule has 0 saturated carbocycles. The van der Waals surface area contributed by atoms with Gasteiger partial charge in [0.2, 0.25) is 10.0 Å². The smallest absolute Gasteiger partial charge is 0.213 e. The number of rotatable bonds is 4. The highest BCUT2D eigenvalue weighted by atomic mass is 32.2. The maximum absolute atomic E-state index is 12.6. The van der Waals surface area contributed by atoms with Crippen LogP contribution in [0.2, 0.25) is 0 Å². The second-order valence-electron chi connectivity index (χ2n) is 6.68. The fraction of sp³-hybridized carbons (Fsp3) is 0.688. The van der Waals surface area contributed by atoms with Crippen LogP contribution in [0.15, 0.2) is 24.5 Å². The second-order valence-corrected chi connectivity index (χ2v) is 11.3. The summed E-state index contributed by atoms with van der Waals surface area (Å²) in [5, 5.41) is -0.491. The van der Waals surface area contributed by atoms with Gasteiger partial charge in [0, 0.05) is 44.6 Å². The fourth-order valence-corrected chi connectivity index (χ4v) is 6.99. The zero-order chi connectivity index (χ0) is 18.1. The van der Waals surface area contributed by atoms with Gasteiger partial charge in [0.25, 0.3) is 0 Å². The molecule has 2 aliphatic rings. The number of sulfone groups is 1. The van der Waals surface area contributed by atoms with Gasteiger partial charge < -0.3 is 0 Å². The van der Waals surface area contributed by atoms with E-state index in [0.717, 1.165) is 5.56 Å². The van der Waals surface area contributed by atoms with E-state index in [1.807, 2.05) is 12.1 Å². The maximum Gasteiger partial charge on any atom is 0.213 e. The molecule has 3 heterocycles. The van der Waals surface area contributed by atoms with Crippen LogP contribution < -0.4 is 0 Å². The van der Waals surface area contributed by atoms with Gasteiger partial charge in [-0.1, -0.05) is 6.07 Å². The minimum Gasteiger partial charge on any atom is -0.294 e. The van der Waals surface area contributed by atoms with Crippen LogP contribution in [-0.2, 0) is 26.4 Å². The van der Waals surface area contributed by atoms with Gasteiger partial charge >= 0.3 is 0 Å². The average Bonchev–Trinajstić information content (AvgIpc) is 2.83.